The predicted molar refractivity (Wildman–Crippen MR) is 81.2 cm³/mol. The van der Waals surface area contributed by atoms with E-state index in [9.17, 15) is 10.1 Å². The molecule has 0 aliphatic rings. The normalized spacial score (nSPS) is 11.0. The van der Waals surface area contributed by atoms with Gasteiger partial charge in [-0.1, -0.05) is 12.1 Å². The third-order valence-electron chi connectivity index (χ3n) is 3.13. The second kappa shape index (κ2) is 7.62. The first-order chi connectivity index (χ1) is 10.6. The van der Waals surface area contributed by atoms with Crippen LogP contribution in [0.3, 0.4) is 0 Å². The van der Waals surface area contributed by atoms with Gasteiger partial charge >= 0.3 is 0 Å². The molecule has 1 heterocycles. The number of ether oxygens (including phenoxy) is 1. The number of non-ortho nitro benzene ring substituents is 1. The van der Waals surface area contributed by atoms with Crippen LogP contribution in [0.25, 0.3) is 11.4 Å². The van der Waals surface area contributed by atoms with Gasteiger partial charge in [0.25, 0.3) is 5.69 Å². The van der Waals surface area contributed by atoms with E-state index in [0.29, 0.717) is 18.1 Å². The molecule has 0 N–H and O–H groups in total. The lowest BCUT2D eigenvalue weighted by Crippen LogP contribution is -2.24. The van der Waals surface area contributed by atoms with Crippen molar-refractivity contribution in [2.24, 2.45) is 0 Å². The molecule has 0 saturated heterocycles. The fraction of sp³-hybridized carbons (Fsp3) is 0.429. The maximum atomic E-state index is 10.8. The monoisotopic (exact) mass is 305 g/mol. The Bertz CT molecular complexity index is 628. The van der Waals surface area contributed by atoms with Gasteiger partial charge in [0, 0.05) is 38.0 Å². The molecule has 0 aliphatic heterocycles. The predicted octanol–water partition coefficient (Wildman–Crippen LogP) is 1.78. The number of nitro benzene ring substituents is 1. The molecule has 1 aromatic heterocycles. The second-order valence-electron chi connectivity index (χ2n) is 4.98. The molecule has 0 radical (unpaired) electrons. The summed E-state index contributed by atoms with van der Waals surface area (Å²) < 4.78 is 6.73. The van der Waals surface area contributed by atoms with Gasteiger partial charge in [0.1, 0.15) is 6.33 Å². The molecule has 0 saturated carbocycles. The lowest BCUT2D eigenvalue weighted by Gasteiger charge is -2.15. The molecular formula is C14H19N5O3. The van der Waals surface area contributed by atoms with Crippen LogP contribution in [0.15, 0.2) is 30.6 Å². The molecule has 0 atom stereocenters. The SMILES string of the molecule is COCCCN(C)Cn1cnc(-c2cccc([N+](=O)[O-])c2)n1. The summed E-state index contributed by atoms with van der Waals surface area (Å²) in [5.41, 5.74) is 0.667. The summed E-state index contributed by atoms with van der Waals surface area (Å²) in [6.45, 7) is 2.21. The maximum absolute atomic E-state index is 10.8. The van der Waals surface area contributed by atoms with Crippen LogP contribution in [0.5, 0.6) is 0 Å². The van der Waals surface area contributed by atoms with Gasteiger partial charge in [-0.2, -0.15) is 0 Å². The first-order valence-electron chi connectivity index (χ1n) is 6.92. The average Bonchev–Trinajstić information content (AvgIpc) is 2.96. The van der Waals surface area contributed by atoms with Gasteiger partial charge in [-0.15, -0.1) is 5.10 Å². The minimum Gasteiger partial charge on any atom is -0.385 e. The number of aromatic nitrogens is 3. The van der Waals surface area contributed by atoms with Gasteiger partial charge < -0.3 is 4.74 Å². The van der Waals surface area contributed by atoms with Crippen molar-refractivity contribution in [2.75, 3.05) is 27.3 Å². The average molecular weight is 305 g/mol. The molecule has 2 aromatic rings. The maximum Gasteiger partial charge on any atom is 0.270 e. The summed E-state index contributed by atoms with van der Waals surface area (Å²) in [4.78, 5) is 16.7. The van der Waals surface area contributed by atoms with E-state index in [1.54, 1.807) is 30.3 Å². The third-order valence-corrected chi connectivity index (χ3v) is 3.13. The summed E-state index contributed by atoms with van der Waals surface area (Å²) in [6, 6.07) is 6.31. The molecule has 2 rings (SSSR count). The van der Waals surface area contributed by atoms with Gasteiger partial charge in [0.2, 0.25) is 0 Å². The Kier molecular flexibility index (Phi) is 5.56. The molecule has 0 amide bonds. The van der Waals surface area contributed by atoms with Crippen LogP contribution in [0, 0.1) is 10.1 Å². The van der Waals surface area contributed by atoms with Crippen LogP contribution in [0.4, 0.5) is 5.69 Å². The Morgan fingerprint density at radius 1 is 1.45 bits per heavy atom. The van der Waals surface area contributed by atoms with E-state index < -0.39 is 4.92 Å². The Morgan fingerprint density at radius 3 is 3.00 bits per heavy atom. The molecule has 8 heteroatoms. The van der Waals surface area contributed by atoms with Crippen LogP contribution < -0.4 is 0 Å². The van der Waals surface area contributed by atoms with Crippen molar-refractivity contribution in [3.8, 4) is 11.4 Å². The molecule has 118 valence electrons. The zero-order chi connectivity index (χ0) is 15.9. The first-order valence-corrected chi connectivity index (χ1v) is 6.92. The molecule has 0 aliphatic carbocycles. The second-order valence-corrected chi connectivity index (χ2v) is 4.98. The molecule has 0 spiro atoms. The largest absolute Gasteiger partial charge is 0.385 e. The Balaban J connectivity index is 2.02. The van der Waals surface area contributed by atoms with E-state index in [1.165, 1.54) is 12.1 Å². The zero-order valence-electron chi connectivity index (χ0n) is 12.7. The summed E-state index contributed by atoms with van der Waals surface area (Å²) in [6.07, 6.45) is 2.57. The van der Waals surface area contributed by atoms with Gasteiger partial charge in [0.05, 0.1) is 11.6 Å². The molecule has 22 heavy (non-hydrogen) atoms. The van der Waals surface area contributed by atoms with Gasteiger partial charge in [-0.25, -0.2) is 9.67 Å². The molecule has 0 fully saturated rings. The minimum atomic E-state index is -0.427. The first kappa shape index (κ1) is 16.1. The van der Waals surface area contributed by atoms with Gasteiger partial charge in [-0.05, 0) is 13.5 Å². The highest BCUT2D eigenvalue weighted by Gasteiger charge is 2.10. The van der Waals surface area contributed by atoms with Crippen molar-refractivity contribution >= 4 is 5.69 Å². The number of nitrogens with zero attached hydrogens (tertiary/aromatic N) is 5. The van der Waals surface area contributed by atoms with Crippen LogP contribution >= 0.6 is 0 Å². The molecule has 0 bridgehead atoms. The van der Waals surface area contributed by atoms with E-state index in [-0.39, 0.29) is 5.69 Å². The molecule has 8 nitrogen and oxygen atoms in total. The molecule has 1 aromatic carbocycles. The van der Waals surface area contributed by atoms with E-state index in [4.69, 9.17) is 4.74 Å². The highest BCUT2D eigenvalue weighted by atomic mass is 16.6. The standard InChI is InChI=1S/C14H19N5O3/c1-17(7-4-8-22-2)11-18-10-15-14(16-18)12-5-3-6-13(9-12)19(20)21/h3,5-6,9-10H,4,7-8,11H2,1-2H3. The number of hydrogen-bond donors (Lipinski definition) is 0. The van der Waals surface area contributed by atoms with Crippen LogP contribution in [-0.2, 0) is 11.4 Å². The summed E-state index contributed by atoms with van der Waals surface area (Å²) >= 11 is 0. The van der Waals surface area contributed by atoms with Gasteiger partial charge in [0.15, 0.2) is 5.82 Å². The van der Waals surface area contributed by atoms with Crippen LogP contribution in [0.1, 0.15) is 6.42 Å². The highest BCUT2D eigenvalue weighted by molar-refractivity contribution is 5.58. The smallest absolute Gasteiger partial charge is 0.270 e. The summed E-state index contributed by atoms with van der Waals surface area (Å²) in [7, 11) is 3.67. The van der Waals surface area contributed by atoms with Crippen LogP contribution in [0.2, 0.25) is 0 Å². The number of hydrogen-bond acceptors (Lipinski definition) is 6. The molecular weight excluding hydrogens is 286 g/mol. The van der Waals surface area contributed by atoms with Crippen molar-refractivity contribution in [3.05, 3.63) is 40.7 Å². The van der Waals surface area contributed by atoms with Crippen molar-refractivity contribution in [2.45, 2.75) is 13.1 Å². The third kappa shape index (κ3) is 4.34. The van der Waals surface area contributed by atoms with Crippen molar-refractivity contribution in [1.82, 2.24) is 19.7 Å². The van der Waals surface area contributed by atoms with Crippen molar-refractivity contribution in [3.63, 3.8) is 0 Å². The van der Waals surface area contributed by atoms with E-state index in [1.807, 2.05) is 7.05 Å². The Morgan fingerprint density at radius 2 is 2.27 bits per heavy atom. The van der Waals surface area contributed by atoms with E-state index >= 15 is 0 Å². The summed E-state index contributed by atoms with van der Waals surface area (Å²) in [5.74, 6) is 0.481. The summed E-state index contributed by atoms with van der Waals surface area (Å²) in [5, 5.41) is 15.2. The minimum absolute atomic E-state index is 0.0329. The number of rotatable bonds is 8. The highest BCUT2D eigenvalue weighted by Crippen LogP contribution is 2.20. The Labute approximate surface area is 128 Å². The number of methoxy groups -OCH3 is 1. The molecule has 0 unspecified atom stereocenters. The number of nitro groups is 1. The number of benzene rings is 1. The fourth-order valence-corrected chi connectivity index (χ4v) is 2.05. The Hall–Kier alpha value is -2.32. The van der Waals surface area contributed by atoms with Crippen LogP contribution in [-0.4, -0.2) is 51.9 Å². The van der Waals surface area contributed by atoms with E-state index in [2.05, 4.69) is 15.0 Å². The lowest BCUT2D eigenvalue weighted by molar-refractivity contribution is -0.384. The van der Waals surface area contributed by atoms with Crippen molar-refractivity contribution < 1.29 is 9.66 Å². The van der Waals surface area contributed by atoms with E-state index in [0.717, 1.165) is 19.6 Å². The zero-order valence-corrected chi connectivity index (χ0v) is 12.7. The lowest BCUT2D eigenvalue weighted by atomic mass is 10.2. The quantitative estimate of drug-likeness (QED) is 0.420. The van der Waals surface area contributed by atoms with Gasteiger partial charge in [-0.3, -0.25) is 15.0 Å². The van der Waals surface area contributed by atoms with Crippen molar-refractivity contribution in [1.29, 1.82) is 0 Å². The topological polar surface area (TPSA) is 86.3 Å². The fourth-order valence-electron chi connectivity index (χ4n) is 2.05.